The van der Waals surface area contributed by atoms with Crippen molar-refractivity contribution in [2.75, 3.05) is 45.9 Å². The smallest absolute Gasteiger partial charge is 0.409 e. The molecule has 0 saturated carbocycles. The zero-order valence-corrected chi connectivity index (χ0v) is 14.8. The molecule has 1 heterocycles. The predicted octanol–water partition coefficient (Wildman–Crippen LogP) is 1.82. The van der Waals surface area contributed by atoms with E-state index in [4.69, 9.17) is 9.47 Å². The van der Waals surface area contributed by atoms with Gasteiger partial charge in [-0.05, 0) is 44.0 Å². The lowest BCUT2D eigenvalue weighted by Gasteiger charge is -2.34. The lowest BCUT2D eigenvalue weighted by Crippen LogP contribution is -2.51. The summed E-state index contributed by atoms with van der Waals surface area (Å²) in [6.45, 7) is 9.84. The van der Waals surface area contributed by atoms with Crippen molar-refractivity contribution in [2.45, 2.75) is 26.9 Å². The van der Waals surface area contributed by atoms with Gasteiger partial charge >= 0.3 is 6.09 Å². The maximum Gasteiger partial charge on any atom is 0.409 e. The number of nitrogens with zero attached hydrogens (tertiary/aromatic N) is 2. The molecule has 1 aromatic rings. The fraction of sp³-hybridized carbons (Fsp3) is 0.611. The highest BCUT2D eigenvalue weighted by molar-refractivity contribution is 5.67. The first-order valence-electron chi connectivity index (χ1n) is 8.51. The van der Waals surface area contributed by atoms with E-state index in [-0.39, 0.29) is 12.7 Å². The van der Waals surface area contributed by atoms with Gasteiger partial charge in [-0.1, -0.05) is 6.07 Å². The number of aliphatic hydroxyl groups excluding tert-OH is 1. The van der Waals surface area contributed by atoms with E-state index in [0.717, 1.165) is 18.8 Å². The van der Waals surface area contributed by atoms with Gasteiger partial charge in [0.2, 0.25) is 0 Å². The average Bonchev–Trinajstić information content (AvgIpc) is 2.57. The number of amides is 1. The molecule has 1 aliphatic heterocycles. The maximum absolute atomic E-state index is 11.7. The second-order valence-corrected chi connectivity index (χ2v) is 6.20. The Morgan fingerprint density at radius 2 is 1.92 bits per heavy atom. The maximum atomic E-state index is 11.7. The van der Waals surface area contributed by atoms with Crippen molar-refractivity contribution < 1.29 is 19.4 Å². The number of rotatable bonds is 6. The third kappa shape index (κ3) is 5.39. The number of carbonyl (C=O) groups is 1. The van der Waals surface area contributed by atoms with Crippen LogP contribution in [0.5, 0.6) is 5.75 Å². The van der Waals surface area contributed by atoms with Crippen LogP contribution >= 0.6 is 0 Å². The summed E-state index contributed by atoms with van der Waals surface area (Å²) in [6, 6.07) is 5.93. The van der Waals surface area contributed by atoms with Crippen molar-refractivity contribution in [2.24, 2.45) is 0 Å². The fourth-order valence-corrected chi connectivity index (χ4v) is 2.67. The molecule has 6 nitrogen and oxygen atoms in total. The summed E-state index contributed by atoms with van der Waals surface area (Å²) in [7, 11) is 0. The Morgan fingerprint density at radius 1 is 1.21 bits per heavy atom. The quantitative estimate of drug-likeness (QED) is 0.858. The third-order valence-electron chi connectivity index (χ3n) is 4.29. The van der Waals surface area contributed by atoms with Gasteiger partial charge in [0, 0.05) is 32.7 Å². The van der Waals surface area contributed by atoms with Crippen LogP contribution in [0.2, 0.25) is 0 Å². The molecular weight excluding hydrogens is 308 g/mol. The molecular formula is C18H28N2O4. The first kappa shape index (κ1) is 18.5. The van der Waals surface area contributed by atoms with Gasteiger partial charge in [-0.2, -0.15) is 0 Å². The molecule has 134 valence electrons. The van der Waals surface area contributed by atoms with Crippen LogP contribution in [0.25, 0.3) is 0 Å². The summed E-state index contributed by atoms with van der Waals surface area (Å²) in [4.78, 5) is 15.5. The Kier molecular flexibility index (Phi) is 6.87. The normalized spacial score (nSPS) is 16.8. The van der Waals surface area contributed by atoms with Crippen molar-refractivity contribution in [1.29, 1.82) is 0 Å². The van der Waals surface area contributed by atoms with E-state index in [1.807, 2.05) is 25.1 Å². The summed E-state index contributed by atoms with van der Waals surface area (Å²) in [5, 5.41) is 10.2. The van der Waals surface area contributed by atoms with Crippen molar-refractivity contribution in [3.63, 3.8) is 0 Å². The topological polar surface area (TPSA) is 62.2 Å². The summed E-state index contributed by atoms with van der Waals surface area (Å²) in [6.07, 6.45) is -0.809. The van der Waals surface area contributed by atoms with Gasteiger partial charge < -0.3 is 19.5 Å². The van der Waals surface area contributed by atoms with E-state index < -0.39 is 6.10 Å². The first-order chi connectivity index (χ1) is 11.5. The van der Waals surface area contributed by atoms with Crippen molar-refractivity contribution >= 4 is 6.09 Å². The number of β-amino-alcohol motifs (C(OH)–C–C–N with tert-alkyl or cyclic N) is 1. The Labute approximate surface area is 144 Å². The molecule has 1 N–H and O–H groups in total. The number of aliphatic hydroxyl groups is 1. The largest absolute Gasteiger partial charge is 0.491 e. The fourth-order valence-electron chi connectivity index (χ4n) is 2.67. The molecule has 1 aliphatic rings. The van der Waals surface area contributed by atoms with Crippen molar-refractivity contribution in [3.8, 4) is 5.75 Å². The number of hydrogen-bond donors (Lipinski definition) is 1. The third-order valence-corrected chi connectivity index (χ3v) is 4.29. The minimum atomic E-state index is -0.555. The Bertz CT molecular complexity index is 542. The van der Waals surface area contributed by atoms with Gasteiger partial charge in [-0.15, -0.1) is 0 Å². The number of carbonyl (C=O) groups excluding carboxylic acids is 1. The van der Waals surface area contributed by atoms with Gasteiger partial charge in [0.05, 0.1) is 6.61 Å². The monoisotopic (exact) mass is 336 g/mol. The van der Waals surface area contributed by atoms with Crippen molar-refractivity contribution in [3.05, 3.63) is 29.3 Å². The van der Waals surface area contributed by atoms with Crippen LogP contribution in [0.1, 0.15) is 18.1 Å². The number of ether oxygens (including phenoxy) is 2. The highest BCUT2D eigenvalue weighted by atomic mass is 16.6. The van der Waals surface area contributed by atoms with Crippen LogP contribution < -0.4 is 4.74 Å². The molecule has 1 saturated heterocycles. The van der Waals surface area contributed by atoms with Crippen LogP contribution in [0.15, 0.2) is 18.2 Å². The molecule has 2 rings (SSSR count). The van der Waals surface area contributed by atoms with E-state index in [0.29, 0.717) is 26.2 Å². The highest BCUT2D eigenvalue weighted by Gasteiger charge is 2.23. The van der Waals surface area contributed by atoms with Gasteiger partial charge in [0.1, 0.15) is 18.5 Å². The number of hydrogen-bond acceptors (Lipinski definition) is 5. The molecule has 0 bridgehead atoms. The second kappa shape index (κ2) is 8.89. The van der Waals surface area contributed by atoms with E-state index in [9.17, 15) is 9.90 Å². The molecule has 1 aromatic carbocycles. The van der Waals surface area contributed by atoms with Gasteiger partial charge in [-0.3, -0.25) is 4.90 Å². The molecule has 0 aromatic heterocycles. The Morgan fingerprint density at radius 3 is 2.54 bits per heavy atom. The van der Waals surface area contributed by atoms with Gasteiger partial charge in [-0.25, -0.2) is 4.79 Å². The zero-order valence-electron chi connectivity index (χ0n) is 14.8. The predicted molar refractivity (Wildman–Crippen MR) is 92.5 cm³/mol. The van der Waals surface area contributed by atoms with E-state index in [2.05, 4.69) is 11.8 Å². The highest BCUT2D eigenvalue weighted by Crippen LogP contribution is 2.16. The number of benzene rings is 1. The van der Waals surface area contributed by atoms with E-state index in [1.54, 1.807) is 11.8 Å². The summed E-state index contributed by atoms with van der Waals surface area (Å²) in [5.41, 5.74) is 2.40. The molecule has 0 aliphatic carbocycles. The van der Waals surface area contributed by atoms with Crippen LogP contribution in [0, 0.1) is 13.8 Å². The molecule has 24 heavy (non-hydrogen) atoms. The summed E-state index contributed by atoms with van der Waals surface area (Å²) in [5.74, 6) is 0.782. The lowest BCUT2D eigenvalue weighted by atomic mass is 10.1. The lowest BCUT2D eigenvalue weighted by molar-refractivity contribution is 0.0407. The minimum Gasteiger partial charge on any atom is -0.491 e. The number of piperazine rings is 1. The van der Waals surface area contributed by atoms with Crippen LogP contribution in [0.3, 0.4) is 0 Å². The van der Waals surface area contributed by atoms with E-state index >= 15 is 0 Å². The number of aryl methyl sites for hydroxylation is 2. The Hall–Kier alpha value is -1.79. The van der Waals surface area contributed by atoms with E-state index in [1.165, 1.54) is 11.1 Å². The molecule has 1 amide bonds. The van der Waals surface area contributed by atoms with Crippen molar-refractivity contribution in [1.82, 2.24) is 9.80 Å². The molecule has 1 fully saturated rings. The molecule has 6 heteroatoms. The summed E-state index contributed by atoms with van der Waals surface area (Å²) >= 11 is 0. The molecule has 1 unspecified atom stereocenters. The van der Waals surface area contributed by atoms with Crippen LogP contribution in [-0.4, -0.2) is 73.0 Å². The second-order valence-electron chi connectivity index (χ2n) is 6.20. The SMILES string of the molecule is CCOC(=O)N1CCN(CC(O)COc2ccc(C)c(C)c2)CC1. The zero-order chi connectivity index (χ0) is 17.5. The van der Waals surface area contributed by atoms with Crippen LogP contribution in [0.4, 0.5) is 4.79 Å². The first-order valence-corrected chi connectivity index (χ1v) is 8.51. The summed E-state index contributed by atoms with van der Waals surface area (Å²) < 4.78 is 10.7. The average molecular weight is 336 g/mol. The Balaban J connectivity index is 1.70. The molecule has 0 radical (unpaired) electrons. The van der Waals surface area contributed by atoms with Crippen LogP contribution in [-0.2, 0) is 4.74 Å². The van der Waals surface area contributed by atoms with Gasteiger partial charge in [0.25, 0.3) is 0 Å². The standard InChI is InChI=1S/C18H28N2O4/c1-4-23-18(22)20-9-7-19(8-10-20)12-16(21)13-24-17-6-5-14(2)15(3)11-17/h5-6,11,16,21H,4,7-10,12-13H2,1-3H3. The van der Waals surface area contributed by atoms with Gasteiger partial charge in [0.15, 0.2) is 0 Å². The molecule has 1 atom stereocenters. The minimum absolute atomic E-state index is 0.254. The molecule has 0 spiro atoms.